The largest absolute Gasteiger partial charge is 0.411 e. The van der Waals surface area contributed by atoms with E-state index in [1.54, 1.807) is 0 Å². The van der Waals surface area contributed by atoms with Crippen LogP contribution in [0.1, 0.15) is 32.1 Å². The second-order valence-corrected chi connectivity index (χ2v) is 3.98. The van der Waals surface area contributed by atoms with Crippen LogP contribution in [0.15, 0.2) is 5.16 Å². The molecule has 2 saturated heterocycles. The molecule has 12 heavy (non-hydrogen) atoms. The van der Waals surface area contributed by atoms with Crippen molar-refractivity contribution in [3.63, 3.8) is 0 Å². The number of piperidine rings is 2. The highest BCUT2D eigenvalue weighted by atomic mass is 16.4. The molecular weight excluding hydrogens is 152 g/mol. The van der Waals surface area contributed by atoms with Crippen molar-refractivity contribution < 1.29 is 5.21 Å². The highest BCUT2D eigenvalue weighted by Crippen LogP contribution is 2.30. The van der Waals surface area contributed by atoms with Crippen LogP contribution in [0.4, 0.5) is 0 Å². The van der Waals surface area contributed by atoms with Gasteiger partial charge in [0, 0.05) is 24.9 Å². The van der Waals surface area contributed by atoms with Crippen molar-refractivity contribution in [2.45, 2.75) is 44.2 Å². The zero-order valence-corrected chi connectivity index (χ0v) is 7.53. The van der Waals surface area contributed by atoms with Crippen molar-refractivity contribution in [3.05, 3.63) is 0 Å². The van der Waals surface area contributed by atoms with E-state index in [0.717, 1.165) is 18.6 Å². The van der Waals surface area contributed by atoms with Crippen molar-refractivity contribution in [3.8, 4) is 0 Å². The summed E-state index contributed by atoms with van der Waals surface area (Å²) in [4.78, 5) is 2.46. The Morgan fingerprint density at radius 3 is 2.42 bits per heavy atom. The Morgan fingerprint density at radius 2 is 1.92 bits per heavy atom. The van der Waals surface area contributed by atoms with Crippen molar-refractivity contribution in [1.29, 1.82) is 0 Å². The summed E-state index contributed by atoms with van der Waals surface area (Å²) in [5.74, 6) is 0. The fourth-order valence-electron chi connectivity index (χ4n) is 2.50. The predicted molar refractivity (Wildman–Crippen MR) is 47.6 cm³/mol. The van der Waals surface area contributed by atoms with E-state index in [-0.39, 0.29) is 0 Å². The topological polar surface area (TPSA) is 35.8 Å². The molecule has 0 spiro atoms. The number of oxime groups is 1. The molecule has 0 amide bonds. The molecule has 0 radical (unpaired) electrons. The van der Waals surface area contributed by atoms with Gasteiger partial charge in [-0.05, 0) is 19.9 Å². The maximum atomic E-state index is 8.70. The van der Waals surface area contributed by atoms with Crippen molar-refractivity contribution in [2.75, 3.05) is 7.05 Å². The van der Waals surface area contributed by atoms with Crippen LogP contribution in [-0.2, 0) is 0 Å². The van der Waals surface area contributed by atoms with Gasteiger partial charge in [-0.3, -0.25) is 4.90 Å². The third-order valence-electron chi connectivity index (χ3n) is 3.31. The van der Waals surface area contributed by atoms with Crippen LogP contribution < -0.4 is 0 Å². The van der Waals surface area contributed by atoms with E-state index in [1.165, 1.54) is 19.3 Å². The van der Waals surface area contributed by atoms with Gasteiger partial charge in [-0.1, -0.05) is 11.6 Å². The maximum Gasteiger partial charge on any atom is 0.0601 e. The molecule has 2 aliphatic heterocycles. The highest BCUT2D eigenvalue weighted by molar-refractivity contribution is 5.85. The molecule has 2 fully saturated rings. The van der Waals surface area contributed by atoms with Crippen LogP contribution >= 0.6 is 0 Å². The van der Waals surface area contributed by atoms with Gasteiger partial charge in [0.15, 0.2) is 0 Å². The quantitative estimate of drug-likeness (QED) is 0.439. The number of fused-ring (bicyclic) bond motifs is 2. The second kappa shape index (κ2) is 3.05. The first-order valence-electron chi connectivity index (χ1n) is 4.73. The summed E-state index contributed by atoms with van der Waals surface area (Å²) < 4.78 is 0. The Morgan fingerprint density at radius 1 is 1.33 bits per heavy atom. The SMILES string of the molecule is CN1[C@@H]2CCC[C@@H]1CC(=NO)C2. The normalized spacial score (nSPS) is 36.6. The Hall–Kier alpha value is -0.570. The number of hydrogen-bond donors (Lipinski definition) is 1. The molecule has 0 aromatic carbocycles. The first-order chi connectivity index (χ1) is 5.81. The average molecular weight is 168 g/mol. The molecule has 2 aliphatic rings. The Balaban J connectivity index is 2.12. The molecule has 0 aliphatic carbocycles. The number of hydrogen-bond acceptors (Lipinski definition) is 3. The van der Waals surface area contributed by atoms with Gasteiger partial charge in [-0.15, -0.1) is 0 Å². The van der Waals surface area contributed by atoms with Crippen LogP contribution in [0.3, 0.4) is 0 Å². The van der Waals surface area contributed by atoms with E-state index < -0.39 is 0 Å². The number of nitrogens with zero attached hydrogens (tertiary/aromatic N) is 2. The van der Waals surface area contributed by atoms with Gasteiger partial charge in [0.05, 0.1) is 5.71 Å². The Bertz CT molecular complexity index is 187. The van der Waals surface area contributed by atoms with Crippen molar-refractivity contribution in [2.24, 2.45) is 5.16 Å². The average Bonchev–Trinajstić information content (AvgIpc) is 2.04. The van der Waals surface area contributed by atoms with Crippen LogP contribution in [0.2, 0.25) is 0 Å². The molecule has 2 atom stereocenters. The lowest BCUT2D eigenvalue weighted by atomic mass is 9.84. The van der Waals surface area contributed by atoms with Gasteiger partial charge in [-0.25, -0.2) is 0 Å². The molecule has 2 bridgehead atoms. The zero-order valence-electron chi connectivity index (χ0n) is 7.53. The molecule has 2 rings (SSSR count). The molecule has 0 unspecified atom stereocenters. The highest BCUT2D eigenvalue weighted by Gasteiger charge is 2.33. The third kappa shape index (κ3) is 1.22. The lowest BCUT2D eigenvalue weighted by Crippen LogP contribution is -2.49. The van der Waals surface area contributed by atoms with Gasteiger partial charge in [-0.2, -0.15) is 0 Å². The summed E-state index contributed by atoms with van der Waals surface area (Å²) in [5.41, 5.74) is 1.00. The van der Waals surface area contributed by atoms with E-state index >= 15 is 0 Å². The summed E-state index contributed by atoms with van der Waals surface area (Å²) in [6.45, 7) is 0. The summed E-state index contributed by atoms with van der Waals surface area (Å²) in [6, 6.07) is 1.28. The molecule has 2 heterocycles. The van der Waals surface area contributed by atoms with Gasteiger partial charge in [0.1, 0.15) is 0 Å². The maximum absolute atomic E-state index is 8.70. The Labute approximate surface area is 73.1 Å². The molecular formula is C9H16N2O. The first-order valence-corrected chi connectivity index (χ1v) is 4.73. The summed E-state index contributed by atoms with van der Waals surface area (Å²) >= 11 is 0. The van der Waals surface area contributed by atoms with Crippen LogP contribution in [0, 0.1) is 0 Å². The summed E-state index contributed by atoms with van der Waals surface area (Å²) in [7, 11) is 2.20. The van der Waals surface area contributed by atoms with Crippen LogP contribution in [-0.4, -0.2) is 35.0 Å². The van der Waals surface area contributed by atoms with Gasteiger partial charge >= 0.3 is 0 Å². The zero-order chi connectivity index (χ0) is 8.55. The van der Waals surface area contributed by atoms with E-state index in [0.29, 0.717) is 12.1 Å². The number of rotatable bonds is 0. The van der Waals surface area contributed by atoms with Crippen molar-refractivity contribution >= 4 is 5.71 Å². The van der Waals surface area contributed by atoms with E-state index in [1.807, 2.05) is 0 Å². The third-order valence-corrected chi connectivity index (χ3v) is 3.31. The lowest BCUT2D eigenvalue weighted by molar-refractivity contribution is 0.105. The second-order valence-electron chi connectivity index (χ2n) is 3.98. The van der Waals surface area contributed by atoms with E-state index in [4.69, 9.17) is 5.21 Å². The van der Waals surface area contributed by atoms with Crippen LogP contribution in [0.5, 0.6) is 0 Å². The fraction of sp³-hybridized carbons (Fsp3) is 0.889. The minimum atomic E-state index is 0.642. The molecule has 0 aromatic heterocycles. The minimum absolute atomic E-state index is 0.642. The molecule has 3 nitrogen and oxygen atoms in total. The molecule has 1 N–H and O–H groups in total. The first kappa shape index (κ1) is 8.05. The monoisotopic (exact) mass is 168 g/mol. The summed E-state index contributed by atoms with van der Waals surface area (Å²) in [6.07, 6.45) is 5.84. The van der Waals surface area contributed by atoms with Crippen molar-refractivity contribution in [1.82, 2.24) is 4.90 Å². The van der Waals surface area contributed by atoms with Gasteiger partial charge < -0.3 is 5.21 Å². The smallest absolute Gasteiger partial charge is 0.0601 e. The van der Waals surface area contributed by atoms with Crippen LogP contribution in [0.25, 0.3) is 0 Å². The molecule has 0 aromatic rings. The lowest BCUT2D eigenvalue weighted by Gasteiger charge is -2.43. The molecule has 3 heteroatoms. The molecule has 68 valence electrons. The predicted octanol–water partition coefficient (Wildman–Crippen LogP) is 1.46. The minimum Gasteiger partial charge on any atom is -0.411 e. The Kier molecular flexibility index (Phi) is 2.05. The standard InChI is InChI=1S/C9H16N2O/c1-11-8-3-2-4-9(11)6-7(5-8)10-12/h8-9,12H,2-6H2,1H3/t8-,9-/m1/s1. The summed E-state index contributed by atoms with van der Waals surface area (Å²) in [5, 5.41) is 12.1. The fourth-order valence-corrected chi connectivity index (χ4v) is 2.50. The van der Waals surface area contributed by atoms with Gasteiger partial charge in [0.2, 0.25) is 0 Å². The van der Waals surface area contributed by atoms with E-state index in [9.17, 15) is 0 Å². The van der Waals surface area contributed by atoms with E-state index in [2.05, 4.69) is 17.1 Å². The van der Waals surface area contributed by atoms with Gasteiger partial charge in [0.25, 0.3) is 0 Å². The molecule has 0 saturated carbocycles.